The fraction of sp³-hybridized carbons (Fsp3) is 0.583. The van der Waals surface area contributed by atoms with E-state index in [-0.39, 0.29) is 34.9 Å². The molecule has 0 bridgehead atoms. The van der Waals surface area contributed by atoms with Crippen LogP contribution in [-0.4, -0.2) is 16.5 Å². The molecular formula is C36H49F3N4O2. The number of aromatic nitrogens is 1. The van der Waals surface area contributed by atoms with E-state index in [1.165, 1.54) is 5.56 Å². The molecule has 1 saturated carbocycles. The molecule has 4 rings (SSSR count). The van der Waals surface area contributed by atoms with Crippen molar-refractivity contribution < 1.29 is 18.0 Å². The van der Waals surface area contributed by atoms with E-state index >= 15 is 0 Å². The Morgan fingerprint density at radius 1 is 1.07 bits per heavy atom. The van der Waals surface area contributed by atoms with E-state index in [4.69, 9.17) is 10.7 Å². The summed E-state index contributed by atoms with van der Waals surface area (Å²) in [6, 6.07) is 8.41. The topological polar surface area (TPSA) is 89.5 Å². The number of hydrogen-bond donors (Lipinski definition) is 2. The molecule has 246 valence electrons. The second-order valence-electron chi connectivity index (χ2n) is 12.9. The monoisotopic (exact) mass is 626 g/mol. The molecule has 1 aromatic carbocycles. The highest BCUT2D eigenvalue weighted by Gasteiger charge is 2.27. The molecular weight excluding hydrogens is 577 g/mol. The van der Waals surface area contributed by atoms with Crippen molar-refractivity contribution in [3.05, 3.63) is 68.2 Å². The zero-order valence-electron chi connectivity index (χ0n) is 27.0. The van der Waals surface area contributed by atoms with Crippen molar-refractivity contribution in [2.45, 2.75) is 123 Å². The highest BCUT2D eigenvalue weighted by Crippen LogP contribution is 2.37. The highest BCUT2D eigenvalue weighted by molar-refractivity contribution is 6.00. The molecule has 45 heavy (non-hydrogen) atoms. The lowest BCUT2D eigenvalue weighted by atomic mass is 9.90. The highest BCUT2D eigenvalue weighted by atomic mass is 19.4. The molecule has 2 aliphatic rings. The van der Waals surface area contributed by atoms with Crippen LogP contribution < -0.4 is 27.2 Å². The van der Waals surface area contributed by atoms with Crippen LogP contribution in [0, 0.1) is 11.8 Å². The van der Waals surface area contributed by atoms with Gasteiger partial charge in [-0.25, -0.2) is 4.99 Å². The minimum absolute atomic E-state index is 0.0577. The standard InChI is InChI=1S/C36H49F3N4O2/c1-4-6-13-30(44)32-33(45)29-23-24(3)14-21-31(42-35(29)43(5-2)34(32)40)41-28-19-17-27(18-20-28)26-12-9-11-25(15-16-26)10-7-8-22-36(37,38)39/h17-21,23-26,41H,4-16,22,40H2,1-3H3. The van der Waals surface area contributed by atoms with Gasteiger partial charge >= 0.3 is 6.18 Å². The zero-order valence-corrected chi connectivity index (χ0v) is 27.0. The summed E-state index contributed by atoms with van der Waals surface area (Å²) in [6.07, 6.45) is 8.91. The molecule has 2 aromatic rings. The number of pyridine rings is 1. The van der Waals surface area contributed by atoms with Gasteiger partial charge < -0.3 is 15.6 Å². The summed E-state index contributed by atoms with van der Waals surface area (Å²) in [4.78, 5) is 31.5. The summed E-state index contributed by atoms with van der Waals surface area (Å²) in [5.74, 6) is 1.60. The third-order valence-corrected chi connectivity index (χ3v) is 9.29. The maximum absolute atomic E-state index is 13.6. The van der Waals surface area contributed by atoms with E-state index in [9.17, 15) is 22.8 Å². The minimum atomic E-state index is -4.05. The van der Waals surface area contributed by atoms with E-state index in [0.29, 0.717) is 60.6 Å². The van der Waals surface area contributed by atoms with Gasteiger partial charge in [0.2, 0.25) is 5.43 Å². The lowest BCUT2D eigenvalue weighted by Crippen LogP contribution is -2.50. The first kappa shape index (κ1) is 34.5. The van der Waals surface area contributed by atoms with Gasteiger partial charge in [-0.1, -0.05) is 64.2 Å². The Labute approximate surface area is 264 Å². The Balaban J connectivity index is 1.50. The van der Waals surface area contributed by atoms with Crippen LogP contribution in [0.1, 0.15) is 126 Å². The summed E-state index contributed by atoms with van der Waals surface area (Å²) in [7, 11) is 0. The SMILES string of the molecule is CCCCC(=O)c1c(N)n(CC)c2c(c1=O)=CC(C)CC=C(Nc1ccc(C3CCCC(CCCCC(F)(F)F)CC3)cc1)N=2. The summed E-state index contributed by atoms with van der Waals surface area (Å²) in [5.41, 5.74) is 8.80. The number of benzene rings is 1. The van der Waals surface area contributed by atoms with Gasteiger partial charge in [-0.2, -0.15) is 13.2 Å². The van der Waals surface area contributed by atoms with Crippen LogP contribution in [0.4, 0.5) is 24.7 Å². The smallest absolute Gasteiger partial charge is 0.384 e. The van der Waals surface area contributed by atoms with Gasteiger partial charge in [0.05, 0.1) is 5.22 Å². The Morgan fingerprint density at radius 3 is 2.51 bits per heavy atom. The number of halogens is 3. The second-order valence-corrected chi connectivity index (χ2v) is 12.9. The number of rotatable bonds is 12. The number of nitrogens with one attached hydrogen (secondary N) is 1. The molecule has 1 fully saturated rings. The molecule has 1 aliphatic carbocycles. The maximum Gasteiger partial charge on any atom is 0.389 e. The summed E-state index contributed by atoms with van der Waals surface area (Å²) in [6.45, 7) is 6.45. The molecule has 0 spiro atoms. The second kappa shape index (κ2) is 15.8. The molecule has 0 saturated heterocycles. The van der Waals surface area contributed by atoms with Crippen LogP contribution in [0.2, 0.25) is 0 Å². The fourth-order valence-corrected chi connectivity index (χ4v) is 6.70. The van der Waals surface area contributed by atoms with Gasteiger partial charge in [0.15, 0.2) is 5.78 Å². The van der Waals surface area contributed by atoms with Crippen molar-refractivity contribution in [2.24, 2.45) is 16.8 Å². The van der Waals surface area contributed by atoms with Crippen LogP contribution in [0.3, 0.4) is 0 Å². The number of alkyl halides is 3. The predicted molar refractivity (Wildman–Crippen MR) is 176 cm³/mol. The number of Topliss-reactive ketones (excluding diaryl/α,β-unsaturated/α-hetero) is 1. The van der Waals surface area contributed by atoms with Crippen LogP contribution in [0.15, 0.2) is 45.9 Å². The number of nitrogens with zero attached hydrogens (tertiary/aromatic N) is 2. The number of anilines is 2. The van der Waals surface area contributed by atoms with Gasteiger partial charge in [-0.05, 0) is 87.0 Å². The van der Waals surface area contributed by atoms with Crippen molar-refractivity contribution in [2.75, 3.05) is 11.1 Å². The van der Waals surface area contributed by atoms with Gasteiger partial charge in [0.1, 0.15) is 22.7 Å². The number of carbonyl (C=O) groups is 1. The third-order valence-electron chi connectivity index (χ3n) is 9.29. The Morgan fingerprint density at radius 2 is 1.82 bits per heavy atom. The molecule has 0 radical (unpaired) electrons. The Kier molecular flexibility index (Phi) is 12.1. The molecule has 9 heteroatoms. The number of carbonyl (C=O) groups excluding carboxylic acids is 1. The van der Waals surface area contributed by atoms with Crippen LogP contribution in [0.25, 0.3) is 6.08 Å². The molecule has 3 atom stereocenters. The summed E-state index contributed by atoms with van der Waals surface area (Å²) < 4.78 is 39.2. The van der Waals surface area contributed by atoms with Crippen molar-refractivity contribution in [1.82, 2.24) is 4.57 Å². The average molecular weight is 627 g/mol. The predicted octanol–water partition coefficient (Wildman–Crippen LogP) is 8.00. The van der Waals surface area contributed by atoms with Gasteiger partial charge in [0.25, 0.3) is 0 Å². The third kappa shape index (κ3) is 9.33. The first-order chi connectivity index (χ1) is 21.5. The van der Waals surface area contributed by atoms with E-state index in [0.717, 1.165) is 50.6 Å². The number of nitrogens with two attached hydrogens (primary N) is 1. The van der Waals surface area contributed by atoms with Crippen LogP contribution in [-0.2, 0) is 6.54 Å². The van der Waals surface area contributed by atoms with Gasteiger partial charge in [-0.15, -0.1) is 0 Å². The van der Waals surface area contributed by atoms with Crippen molar-refractivity contribution in [1.29, 1.82) is 0 Å². The molecule has 2 heterocycles. The van der Waals surface area contributed by atoms with Crippen molar-refractivity contribution >= 4 is 23.4 Å². The normalized spacial score (nSPS) is 20.5. The Hall–Kier alpha value is -3.36. The molecule has 1 aliphatic heterocycles. The largest absolute Gasteiger partial charge is 0.389 e. The number of unbranched alkanes of at least 4 members (excludes halogenated alkanes) is 2. The zero-order chi connectivity index (χ0) is 32.6. The van der Waals surface area contributed by atoms with Crippen LogP contribution >= 0.6 is 0 Å². The van der Waals surface area contributed by atoms with Crippen molar-refractivity contribution in [3.63, 3.8) is 0 Å². The number of nitrogen functional groups attached to an aromatic ring is 1. The number of ketones is 1. The van der Waals surface area contributed by atoms with E-state index < -0.39 is 12.6 Å². The Bertz CT molecular complexity index is 1530. The van der Waals surface area contributed by atoms with Crippen molar-refractivity contribution in [3.8, 4) is 0 Å². The fourth-order valence-electron chi connectivity index (χ4n) is 6.70. The van der Waals surface area contributed by atoms with Gasteiger partial charge in [-0.3, -0.25) is 9.59 Å². The summed E-state index contributed by atoms with van der Waals surface area (Å²) in [5, 5.41) is 3.86. The average Bonchev–Trinajstić information content (AvgIpc) is 3.24. The van der Waals surface area contributed by atoms with Gasteiger partial charge in [0, 0.05) is 25.1 Å². The molecule has 0 amide bonds. The maximum atomic E-state index is 13.6. The number of fused-ring (bicyclic) bond motifs is 1. The lowest BCUT2D eigenvalue weighted by Gasteiger charge is -2.18. The molecule has 3 unspecified atom stereocenters. The summed E-state index contributed by atoms with van der Waals surface area (Å²) >= 11 is 0. The van der Waals surface area contributed by atoms with Crippen LogP contribution in [0.5, 0.6) is 0 Å². The first-order valence-electron chi connectivity index (χ1n) is 16.8. The molecule has 6 nitrogen and oxygen atoms in total. The number of allylic oxidation sites excluding steroid dienone is 1. The first-order valence-corrected chi connectivity index (χ1v) is 16.8. The van der Waals surface area contributed by atoms with E-state index in [1.807, 2.05) is 32.9 Å². The van der Waals surface area contributed by atoms with E-state index in [1.54, 1.807) is 4.57 Å². The quantitative estimate of drug-likeness (QED) is 0.142. The minimum Gasteiger partial charge on any atom is -0.384 e. The molecule has 1 aromatic heterocycles. The molecule has 3 N–H and O–H groups in total. The number of hydrogen-bond acceptors (Lipinski definition) is 5. The van der Waals surface area contributed by atoms with E-state index in [2.05, 4.69) is 29.6 Å². The lowest BCUT2D eigenvalue weighted by molar-refractivity contribution is -0.135.